The van der Waals surface area contributed by atoms with Crippen molar-refractivity contribution in [2.75, 3.05) is 12.4 Å². The zero-order valence-corrected chi connectivity index (χ0v) is 23.9. The van der Waals surface area contributed by atoms with Crippen LogP contribution in [0, 0.1) is 0 Å². The molecule has 0 heterocycles. The molecule has 0 aliphatic heterocycles. The van der Waals surface area contributed by atoms with Crippen molar-refractivity contribution in [1.82, 2.24) is 5.43 Å². The molecule has 4 aromatic rings. The zero-order chi connectivity index (χ0) is 28.6. The van der Waals surface area contributed by atoms with E-state index in [-0.39, 0.29) is 28.0 Å². The van der Waals surface area contributed by atoms with Crippen molar-refractivity contribution in [3.05, 3.63) is 122 Å². The van der Waals surface area contributed by atoms with Gasteiger partial charge in [0.15, 0.2) is 11.5 Å². The number of ether oxygens (including phenoxy) is 2. The molecule has 4 rings (SSSR count). The minimum atomic E-state index is -0.677. The molecule has 0 saturated carbocycles. The highest BCUT2D eigenvalue weighted by Crippen LogP contribution is 2.30. The van der Waals surface area contributed by atoms with E-state index in [0.717, 1.165) is 4.47 Å². The molecule has 8 nitrogen and oxygen atoms in total. The summed E-state index contributed by atoms with van der Waals surface area (Å²) in [7, 11) is 1.42. The summed E-state index contributed by atoms with van der Waals surface area (Å²) in [5.41, 5.74) is 4.40. The number of rotatable bonds is 8. The predicted octanol–water partition coefficient (Wildman–Crippen LogP) is 7.00. The van der Waals surface area contributed by atoms with E-state index < -0.39 is 11.9 Å². The van der Waals surface area contributed by atoms with E-state index in [1.165, 1.54) is 37.6 Å². The fraction of sp³-hybridized carbons (Fsp3) is 0.0345. The Labute approximate surface area is 248 Å². The van der Waals surface area contributed by atoms with Gasteiger partial charge in [0.25, 0.3) is 11.8 Å². The van der Waals surface area contributed by atoms with Crippen LogP contribution >= 0.6 is 39.1 Å². The molecular formula is C29H20BrCl2N3O5. The normalized spacial score (nSPS) is 10.7. The molecule has 2 amide bonds. The zero-order valence-electron chi connectivity index (χ0n) is 20.8. The molecule has 2 N–H and O–H groups in total. The van der Waals surface area contributed by atoms with Crippen molar-refractivity contribution in [2.45, 2.75) is 0 Å². The average molecular weight is 641 g/mol. The smallest absolute Gasteiger partial charge is 0.345 e. The molecule has 0 aliphatic rings. The average Bonchev–Trinajstić information content (AvgIpc) is 2.94. The number of esters is 1. The first kappa shape index (κ1) is 28.8. The lowest BCUT2D eigenvalue weighted by molar-refractivity contribution is 0.0729. The highest BCUT2D eigenvalue weighted by atomic mass is 79.9. The van der Waals surface area contributed by atoms with Gasteiger partial charge in [-0.25, -0.2) is 10.2 Å². The largest absolute Gasteiger partial charge is 0.493 e. The molecule has 0 spiro atoms. The number of hydrazone groups is 1. The summed E-state index contributed by atoms with van der Waals surface area (Å²) in [5.74, 6) is -1.02. The molecule has 0 aromatic heterocycles. The Kier molecular flexibility index (Phi) is 9.55. The number of methoxy groups -OCH3 is 1. The first-order valence-electron chi connectivity index (χ1n) is 11.6. The Hall–Kier alpha value is -4.18. The van der Waals surface area contributed by atoms with Crippen molar-refractivity contribution in [1.29, 1.82) is 0 Å². The van der Waals surface area contributed by atoms with Crippen molar-refractivity contribution < 1.29 is 23.9 Å². The van der Waals surface area contributed by atoms with Crippen molar-refractivity contribution in [3.63, 3.8) is 0 Å². The molecule has 4 aromatic carbocycles. The number of hydrogen-bond donors (Lipinski definition) is 2. The fourth-order valence-corrected chi connectivity index (χ4v) is 4.18. The van der Waals surface area contributed by atoms with E-state index in [4.69, 9.17) is 32.7 Å². The number of amides is 2. The maximum Gasteiger partial charge on any atom is 0.345 e. The summed E-state index contributed by atoms with van der Waals surface area (Å²) >= 11 is 15.3. The number of halogens is 3. The Morgan fingerprint density at radius 1 is 0.850 bits per heavy atom. The number of carbonyl (C=O) groups is 3. The fourth-order valence-electron chi connectivity index (χ4n) is 3.43. The highest BCUT2D eigenvalue weighted by Gasteiger charge is 2.16. The topological polar surface area (TPSA) is 106 Å². The van der Waals surface area contributed by atoms with Crippen LogP contribution < -0.4 is 20.2 Å². The third-order valence-corrected chi connectivity index (χ3v) is 6.49. The van der Waals surface area contributed by atoms with Gasteiger partial charge in [-0.1, -0.05) is 45.2 Å². The van der Waals surface area contributed by atoms with Crippen LogP contribution in [0.1, 0.15) is 36.6 Å². The van der Waals surface area contributed by atoms with Crippen LogP contribution in [0.15, 0.2) is 94.5 Å². The van der Waals surface area contributed by atoms with E-state index in [1.807, 2.05) is 0 Å². The SMILES string of the molecule is COc1cc(C=NNC(=O)c2cccc(NC(=O)c3ccc(Br)cc3)c2)ccc1OC(=O)c1ccc(Cl)cc1Cl. The van der Waals surface area contributed by atoms with Gasteiger partial charge in [-0.2, -0.15) is 5.10 Å². The predicted molar refractivity (Wildman–Crippen MR) is 158 cm³/mol. The van der Waals surface area contributed by atoms with E-state index >= 15 is 0 Å². The number of benzene rings is 4. The summed E-state index contributed by atoms with van der Waals surface area (Å²) in [6.45, 7) is 0. The number of anilines is 1. The Morgan fingerprint density at radius 3 is 2.35 bits per heavy atom. The van der Waals surface area contributed by atoms with Gasteiger partial charge >= 0.3 is 5.97 Å². The van der Waals surface area contributed by atoms with Crippen LogP contribution in [0.2, 0.25) is 10.0 Å². The van der Waals surface area contributed by atoms with Crippen LogP contribution in [0.5, 0.6) is 11.5 Å². The van der Waals surface area contributed by atoms with Crippen molar-refractivity contribution in [2.24, 2.45) is 5.10 Å². The second-order valence-corrected chi connectivity index (χ2v) is 9.92. The number of nitrogens with one attached hydrogen (secondary N) is 2. The van der Waals surface area contributed by atoms with Gasteiger partial charge < -0.3 is 14.8 Å². The third-order valence-electron chi connectivity index (χ3n) is 5.41. The van der Waals surface area contributed by atoms with Crippen molar-refractivity contribution >= 4 is 68.8 Å². The van der Waals surface area contributed by atoms with Crippen LogP contribution in [0.3, 0.4) is 0 Å². The lowest BCUT2D eigenvalue weighted by atomic mass is 10.1. The molecule has 202 valence electrons. The number of carbonyl (C=O) groups excluding carboxylic acids is 3. The summed E-state index contributed by atoms with van der Waals surface area (Å²) in [5, 5.41) is 7.31. The second-order valence-electron chi connectivity index (χ2n) is 8.16. The van der Waals surface area contributed by atoms with E-state index in [1.54, 1.807) is 60.7 Å². The molecule has 40 heavy (non-hydrogen) atoms. The van der Waals surface area contributed by atoms with Gasteiger partial charge in [0.05, 0.1) is 23.9 Å². The quantitative estimate of drug-likeness (QED) is 0.0934. The summed E-state index contributed by atoms with van der Waals surface area (Å²) in [4.78, 5) is 37.6. The van der Waals surface area contributed by atoms with Gasteiger partial charge in [0.2, 0.25) is 0 Å². The molecular weight excluding hydrogens is 621 g/mol. The Bertz CT molecular complexity index is 1610. The molecule has 0 unspecified atom stereocenters. The maximum atomic E-state index is 12.6. The third kappa shape index (κ3) is 7.47. The van der Waals surface area contributed by atoms with E-state index in [0.29, 0.717) is 27.4 Å². The second kappa shape index (κ2) is 13.3. The Morgan fingerprint density at radius 2 is 1.62 bits per heavy atom. The molecule has 0 fully saturated rings. The molecule has 0 bridgehead atoms. The lowest BCUT2D eigenvalue weighted by Crippen LogP contribution is -2.18. The van der Waals surface area contributed by atoms with Gasteiger partial charge in [0, 0.05) is 26.3 Å². The minimum Gasteiger partial charge on any atom is -0.493 e. The van der Waals surface area contributed by atoms with Gasteiger partial charge in [-0.05, 0) is 84.4 Å². The van der Waals surface area contributed by atoms with E-state index in [2.05, 4.69) is 31.8 Å². The number of hydrogen-bond acceptors (Lipinski definition) is 6. The monoisotopic (exact) mass is 639 g/mol. The first-order chi connectivity index (χ1) is 19.2. The molecule has 0 saturated heterocycles. The maximum absolute atomic E-state index is 12.6. The highest BCUT2D eigenvalue weighted by molar-refractivity contribution is 9.10. The Balaban J connectivity index is 1.38. The van der Waals surface area contributed by atoms with Gasteiger partial charge in [0.1, 0.15) is 0 Å². The van der Waals surface area contributed by atoms with Gasteiger partial charge in [-0.15, -0.1) is 0 Å². The van der Waals surface area contributed by atoms with Crippen molar-refractivity contribution in [3.8, 4) is 11.5 Å². The van der Waals surface area contributed by atoms with Crippen LogP contribution in [0.25, 0.3) is 0 Å². The summed E-state index contributed by atoms with van der Waals surface area (Å²) < 4.78 is 11.6. The molecule has 11 heteroatoms. The molecule has 0 atom stereocenters. The summed E-state index contributed by atoms with van der Waals surface area (Å²) in [6.07, 6.45) is 1.40. The molecule has 0 radical (unpaired) electrons. The van der Waals surface area contributed by atoms with Crippen LogP contribution in [-0.2, 0) is 0 Å². The first-order valence-corrected chi connectivity index (χ1v) is 13.1. The van der Waals surface area contributed by atoms with Crippen LogP contribution in [0.4, 0.5) is 5.69 Å². The lowest BCUT2D eigenvalue weighted by Gasteiger charge is -2.10. The standard InChI is InChI=1S/C29H20BrCl2N3O5/c1-39-26-13-17(5-12-25(26)40-29(38)23-11-10-21(31)15-24(23)32)16-33-35-28(37)19-3-2-4-22(14-19)34-27(36)18-6-8-20(30)9-7-18/h2-16H,1H3,(H,34,36)(H,35,37). The summed E-state index contributed by atoms with van der Waals surface area (Å²) in [6, 6.07) is 22.6. The minimum absolute atomic E-state index is 0.151. The van der Waals surface area contributed by atoms with E-state index in [9.17, 15) is 14.4 Å². The number of nitrogens with zero attached hydrogens (tertiary/aromatic N) is 1. The van der Waals surface area contributed by atoms with Gasteiger partial charge in [-0.3, -0.25) is 9.59 Å². The molecule has 0 aliphatic carbocycles. The van der Waals surface area contributed by atoms with Crippen LogP contribution in [-0.4, -0.2) is 31.1 Å².